The van der Waals surface area contributed by atoms with Crippen LogP contribution >= 0.6 is 11.6 Å². The zero-order valence-corrected chi connectivity index (χ0v) is 11.1. The fraction of sp³-hybridized carbons (Fsp3) is 0.750. The van der Waals surface area contributed by atoms with Crippen LogP contribution in [0.3, 0.4) is 0 Å². The predicted molar refractivity (Wildman–Crippen MR) is 72.0 cm³/mol. The van der Waals surface area contributed by atoms with E-state index in [1.165, 1.54) is 32.1 Å². The summed E-state index contributed by atoms with van der Waals surface area (Å²) in [6, 6.07) is 0. The zero-order valence-electron chi connectivity index (χ0n) is 10.3. The van der Waals surface area contributed by atoms with Gasteiger partial charge in [0, 0.05) is 5.88 Å². The van der Waals surface area contributed by atoms with Crippen molar-refractivity contribution in [3.05, 3.63) is 24.3 Å². The van der Waals surface area contributed by atoms with Gasteiger partial charge in [-0.3, -0.25) is 0 Å². The second-order valence-electron chi connectivity index (χ2n) is 6.75. The largest absolute Gasteiger partial charge is 0.127 e. The number of hydrogen-bond donors (Lipinski definition) is 0. The van der Waals surface area contributed by atoms with Gasteiger partial charge in [-0.15, -0.1) is 11.6 Å². The van der Waals surface area contributed by atoms with Crippen molar-refractivity contribution in [3.8, 4) is 0 Å². The first kappa shape index (κ1) is 10.7. The Morgan fingerprint density at radius 2 is 1.88 bits per heavy atom. The Morgan fingerprint density at radius 1 is 1.00 bits per heavy atom. The first-order valence-electron chi connectivity index (χ1n) is 7.24. The molecule has 0 radical (unpaired) electrons. The fourth-order valence-corrected chi connectivity index (χ4v) is 5.86. The predicted octanol–water partition coefficient (Wildman–Crippen LogP) is 4.41. The number of rotatable bonds is 3. The van der Waals surface area contributed by atoms with E-state index in [1.54, 1.807) is 0 Å². The molecule has 4 aliphatic rings. The maximum absolute atomic E-state index is 6.15. The Balaban J connectivity index is 1.68. The van der Waals surface area contributed by atoms with Crippen LogP contribution in [0.5, 0.6) is 0 Å². The summed E-state index contributed by atoms with van der Waals surface area (Å²) in [5, 5.41) is 0. The van der Waals surface area contributed by atoms with Crippen LogP contribution in [0.2, 0.25) is 0 Å². The summed E-state index contributed by atoms with van der Waals surface area (Å²) in [7, 11) is 0. The lowest BCUT2D eigenvalue weighted by atomic mass is 9.61. The van der Waals surface area contributed by atoms with Crippen LogP contribution in [0.25, 0.3) is 0 Å². The molecule has 6 atom stereocenters. The van der Waals surface area contributed by atoms with Crippen LogP contribution in [0.4, 0.5) is 0 Å². The highest BCUT2D eigenvalue weighted by atomic mass is 35.5. The molecule has 0 aromatic carbocycles. The van der Waals surface area contributed by atoms with E-state index >= 15 is 0 Å². The highest BCUT2D eigenvalue weighted by Gasteiger charge is 2.56. The molecule has 1 heteroatoms. The van der Waals surface area contributed by atoms with Crippen molar-refractivity contribution in [3.63, 3.8) is 0 Å². The van der Waals surface area contributed by atoms with E-state index in [-0.39, 0.29) is 0 Å². The molecule has 17 heavy (non-hydrogen) atoms. The van der Waals surface area contributed by atoms with Crippen molar-refractivity contribution >= 4 is 11.6 Å². The van der Waals surface area contributed by atoms with E-state index in [1.807, 2.05) is 0 Å². The van der Waals surface area contributed by atoms with Crippen LogP contribution in [0.1, 0.15) is 32.1 Å². The molecular weight excluding hydrogens is 228 g/mol. The van der Waals surface area contributed by atoms with Gasteiger partial charge < -0.3 is 0 Å². The van der Waals surface area contributed by atoms with Crippen LogP contribution < -0.4 is 0 Å². The Labute approximate surface area is 109 Å². The van der Waals surface area contributed by atoms with Crippen molar-refractivity contribution < 1.29 is 0 Å². The van der Waals surface area contributed by atoms with Crippen LogP contribution in [-0.2, 0) is 0 Å². The van der Waals surface area contributed by atoms with Gasteiger partial charge in [-0.2, -0.15) is 0 Å². The molecule has 0 aliphatic heterocycles. The highest BCUT2D eigenvalue weighted by molar-refractivity contribution is 6.17. The molecule has 4 rings (SSSR count). The summed E-state index contributed by atoms with van der Waals surface area (Å²) in [5.41, 5.74) is 0.575. The molecule has 4 aliphatic carbocycles. The van der Waals surface area contributed by atoms with Gasteiger partial charge in [-0.25, -0.2) is 0 Å². The Bertz CT molecular complexity index is 383. The van der Waals surface area contributed by atoms with Crippen molar-refractivity contribution in [1.29, 1.82) is 0 Å². The first-order chi connectivity index (χ1) is 8.32. The number of allylic oxidation sites excluding steroid dienone is 4. The molecular formula is C16H21Cl. The maximum Gasteiger partial charge on any atom is 0.0229 e. The third-order valence-electron chi connectivity index (χ3n) is 6.13. The van der Waals surface area contributed by atoms with Gasteiger partial charge in [-0.05, 0) is 67.1 Å². The van der Waals surface area contributed by atoms with Gasteiger partial charge in [0.2, 0.25) is 0 Å². The second-order valence-corrected chi connectivity index (χ2v) is 7.13. The van der Waals surface area contributed by atoms with Gasteiger partial charge in [0.05, 0.1) is 0 Å². The minimum atomic E-state index is 0.575. The summed E-state index contributed by atoms with van der Waals surface area (Å²) < 4.78 is 0. The molecule has 0 heterocycles. The van der Waals surface area contributed by atoms with Crippen LogP contribution in [0, 0.1) is 35.0 Å². The molecule has 0 nitrogen and oxygen atoms in total. The maximum atomic E-state index is 6.15. The third-order valence-corrected chi connectivity index (χ3v) is 6.32. The number of halogens is 1. The Morgan fingerprint density at radius 3 is 2.41 bits per heavy atom. The number of hydrogen-bond acceptors (Lipinski definition) is 0. The van der Waals surface area contributed by atoms with Gasteiger partial charge in [0.15, 0.2) is 0 Å². The van der Waals surface area contributed by atoms with E-state index < -0.39 is 0 Å². The van der Waals surface area contributed by atoms with Gasteiger partial charge in [0.25, 0.3) is 0 Å². The molecule has 92 valence electrons. The molecule has 2 fully saturated rings. The molecule has 0 aromatic rings. The lowest BCUT2D eigenvalue weighted by Crippen LogP contribution is -2.37. The van der Waals surface area contributed by atoms with E-state index in [2.05, 4.69) is 24.3 Å². The summed E-state index contributed by atoms with van der Waals surface area (Å²) in [6.45, 7) is 0. The normalized spacial score (nSPS) is 54.1. The number of fused-ring (bicyclic) bond motifs is 4. The monoisotopic (exact) mass is 248 g/mol. The van der Waals surface area contributed by atoms with Crippen molar-refractivity contribution in [2.24, 2.45) is 35.0 Å². The topological polar surface area (TPSA) is 0 Å². The molecule has 6 unspecified atom stereocenters. The summed E-state index contributed by atoms with van der Waals surface area (Å²) in [4.78, 5) is 0. The Kier molecular flexibility index (Phi) is 2.28. The van der Waals surface area contributed by atoms with E-state index in [4.69, 9.17) is 11.6 Å². The van der Waals surface area contributed by atoms with Gasteiger partial charge in [-0.1, -0.05) is 24.3 Å². The van der Waals surface area contributed by atoms with E-state index in [9.17, 15) is 0 Å². The average molecular weight is 249 g/mol. The molecule has 0 spiro atoms. The minimum Gasteiger partial charge on any atom is -0.127 e. The SMILES string of the molecule is ClCCC1(C2CC3C=CC2C3)CC2C=CC1C2. The highest BCUT2D eigenvalue weighted by Crippen LogP contribution is 2.64. The van der Waals surface area contributed by atoms with Crippen molar-refractivity contribution in [1.82, 2.24) is 0 Å². The van der Waals surface area contributed by atoms with E-state index in [0.717, 1.165) is 35.5 Å². The van der Waals surface area contributed by atoms with Gasteiger partial charge >= 0.3 is 0 Å². The quantitative estimate of drug-likeness (QED) is 0.513. The summed E-state index contributed by atoms with van der Waals surface area (Å²) in [5.74, 6) is 5.32. The first-order valence-corrected chi connectivity index (χ1v) is 7.78. The average Bonchev–Trinajstić information content (AvgIpc) is 3.09. The molecule has 2 saturated carbocycles. The van der Waals surface area contributed by atoms with Gasteiger partial charge in [0.1, 0.15) is 0 Å². The van der Waals surface area contributed by atoms with Crippen molar-refractivity contribution in [2.45, 2.75) is 32.1 Å². The standard InChI is InChI=1S/C16H21Cl/c17-6-5-16(10-12-2-4-14(16)8-12)15-9-11-1-3-13(15)7-11/h1-4,11-15H,5-10H2. The Hall–Kier alpha value is -0.230. The van der Waals surface area contributed by atoms with Crippen molar-refractivity contribution in [2.75, 3.05) is 5.88 Å². The second kappa shape index (κ2) is 3.63. The molecule has 0 saturated heterocycles. The number of alkyl halides is 1. The summed E-state index contributed by atoms with van der Waals surface area (Å²) >= 11 is 6.15. The molecule has 0 N–H and O–H groups in total. The molecule has 0 amide bonds. The van der Waals surface area contributed by atoms with Crippen LogP contribution in [-0.4, -0.2) is 5.88 Å². The molecule has 4 bridgehead atoms. The van der Waals surface area contributed by atoms with Crippen LogP contribution in [0.15, 0.2) is 24.3 Å². The lowest BCUT2D eigenvalue weighted by molar-refractivity contribution is 0.0909. The zero-order chi connectivity index (χ0) is 11.5. The minimum absolute atomic E-state index is 0.575. The molecule has 0 aromatic heterocycles. The summed E-state index contributed by atoms with van der Waals surface area (Å²) in [6.07, 6.45) is 17.0. The lowest BCUT2D eigenvalue weighted by Gasteiger charge is -2.44. The third kappa shape index (κ3) is 1.37. The smallest absolute Gasteiger partial charge is 0.0229 e. The fourth-order valence-electron chi connectivity index (χ4n) is 5.51. The van der Waals surface area contributed by atoms with E-state index in [0.29, 0.717) is 5.41 Å².